The number of aliphatic carboxylic acids is 1. The largest absolute Gasteiger partial charge is 0.481 e. The topological polar surface area (TPSA) is 66.8 Å². The van der Waals surface area contributed by atoms with Crippen LogP contribution in [-0.4, -0.2) is 47.2 Å². The molecule has 1 fully saturated rings. The van der Waals surface area contributed by atoms with E-state index in [2.05, 4.69) is 0 Å². The second-order valence-electron chi connectivity index (χ2n) is 5.32. The molecule has 0 radical (unpaired) electrons. The normalized spacial score (nSPS) is 29.7. The van der Waals surface area contributed by atoms with Crippen LogP contribution in [-0.2, 0) is 14.3 Å². The highest BCUT2D eigenvalue weighted by Crippen LogP contribution is 2.26. The summed E-state index contributed by atoms with van der Waals surface area (Å²) in [7, 11) is 1.68. The number of ether oxygens (including phenoxy) is 1. The molecule has 0 aromatic heterocycles. The highest BCUT2D eigenvalue weighted by Gasteiger charge is 2.32. The van der Waals surface area contributed by atoms with E-state index in [4.69, 9.17) is 9.84 Å². The van der Waals surface area contributed by atoms with Gasteiger partial charge in [0.25, 0.3) is 0 Å². The third-order valence-electron chi connectivity index (χ3n) is 3.53. The van der Waals surface area contributed by atoms with Crippen molar-refractivity contribution < 1.29 is 19.4 Å². The number of amides is 1. The van der Waals surface area contributed by atoms with E-state index < -0.39 is 5.97 Å². The molecule has 1 heterocycles. The number of hydrogen-bond acceptors (Lipinski definition) is 3. The average Bonchev–Trinajstić information content (AvgIpc) is 2.24. The lowest BCUT2D eigenvalue weighted by atomic mass is 9.91. The third-order valence-corrected chi connectivity index (χ3v) is 3.53. The zero-order valence-electron chi connectivity index (χ0n) is 11.5. The standard InChI is InChI=1S/C13H23NO4/c1-8(5-12(15)16)14(4)13(17)11-6-9(2)18-10(3)7-11/h8-11H,5-7H2,1-4H3,(H,15,16). The molecule has 0 aliphatic carbocycles. The van der Waals surface area contributed by atoms with Crippen LogP contribution >= 0.6 is 0 Å². The minimum absolute atomic E-state index is 0.0173. The van der Waals surface area contributed by atoms with E-state index in [1.807, 2.05) is 13.8 Å². The van der Waals surface area contributed by atoms with Gasteiger partial charge in [-0.05, 0) is 33.6 Å². The smallest absolute Gasteiger partial charge is 0.305 e. The van der Waals surface area contributed by atoms with E-state index in [0.717, 1.165) is 0 Å². The second-order valence-corrected chi connectivity index (χ2v) is 5.32. The molecule has 1 amide bonds. The molecule has 3 unspecified atom stereocenters. The van der Waals surface area contributed by atoms with Crippen LogP contribution in [0.3, 0.4) is 0 Å². The molecule has 1 saturated heterocycles. The molecular formula is C13H23NO4. The lowest BCUT2D eigenvalue weighted by Crippen LogP contribution is -2.44. The summed E-state index contributed by atoms with van der Waals surface area (Å²) >= 11 is 0. The number of carboxylic acids is 1. The van der Waals surface area contributed by atoms with Crippen molar-refractivity contribution in [2.24, 2.45) is 5.92 Å². The van der Waals surface area contributed by atoms with Gasteiger partial charge in [0.2, 0.25) is 5.91 Å². The van der Waals surface area contributed by atoms with Crippen molar-refractivity contribution in [3.63, 3.8) is 0 Å². The number of hydrogen-bond donors (Lipinski definition) is 1. The van der Waals surface area contributed by atoms with Crippen molar-refractivity contribution in [3.05, 3.63) is 0 Å². The van der Waals surface area contributed by atoms with Gasteiger partial charge in [0.1, 0.15) is 0 Å². The Morgan fingerprint density at radius 3 is 2.28 bits per heavy atom. The molecule has 5 nitrogen and oxygen atoms in total. The Kier molecular flexibility index (Phi) is 5.14. The van der Waals surface area contributed by atoms with Gasteiger partial charge in [0.05, 0.1) is 18.6 Å². The van der Waals surface area contributed by atoms with Crippen molar-refractivity contribution >= 4 is 11.9 Å². The highest BCUT2D eigenvalue weighted by atomic mass is 16.5. The summed E-state index contributed by atoms with van der Waals surface area (Å²) in [6.07, 6.45) is 1.59. The van der Waals surface area contributed by atoms with Gasteiger partial charge in [0.15, 0.2) is 0 Å². The lowest BCUT2D eigenvalue weighted by Gasteiger charge is -2.35. The van der Waals surface area contributed by atoms with Crippen molar-refractivity contribution in [2.45, 2.75) is 58.3 Å². The zero-order valence-corrected chi connectivity index (χ0v) is 11.5. The molecule has 0 spiro atoms. The van der Waals surface area contributed by atoms with Gasteiger partial charge in [-0.3, -0.25) is 9.59 Å². The van der Waals surface area contributed by atoms with Gasteiger partial charge in [-0.25, -0.2) is 0 Å². The lowest BCUT2D eigenvalue weighted by molar-refractivity contribution is -0.146. The maximum Gasteiger partial charge on any atom is 0.305 e. The minimum atomic E-state index is -0.879. The summed E-state index contributed by atoms with van der Waals surface area (Å²) < 4.78 is 5.61. The second kappa shape index (κ2) is 6.18. The van der Waals surface area contributed by atoms with E-state index in [0.29, 0.717) is 12.8 Å². The number of rotatable bonds is 4. The Morgan fingerprint density at radius 2 is 1.83 bits per heavy atom. The SMILES string of the molecule is CC1CC(C(=O)N(C)C(C)CC(=O)O)CC(C)O1. The molecule has 0 bridgehead atoms. The van der Waals surface area contributed by atoms with Gasteiger partial charge in [-0.15, -0.1) is 0 Å². The van der Waals surface area contributed by atoms with Crippen molar-refractivity contribution in [1.29, 1.82) is 0 Å². The van der Waals surface area contributed by atoms with Gasteiger partial charge in [0, 0.05) is 19.0 Å². The molecular weight excluding hydrogens is 234 g/mol. The van der Waals surface area contributed by atoms with Gasteiger partial charge in [-0.2, -0.15) is 0 Å². The molecule has 1 N–H and O–H groups in total. The first-order valence-electron chi connectivity index (χ1n) is 6.45. The first-order valence-corrected chi connectivity index (χ1v) is 6.45. The maximum absolute atomic E-state index is 12.3. The molecule has 104 valence electrons. The van der Waals surface area contributed by atoms with E-state index >= 15 is 0 Å². The fourth-order valence-electron chi connectivity index (χ4n) is 2.50. The minimum Gasteiger partial charge on any atom is -0.481 e. The van der Waals surface area contributed by atoms with E-state index in [1.165, 1.54) is 0 Å². The van der Waals surface area contributed by atoms with E-state index in [1.54, 1.807) is 18.9 Å². The zero-order chi connectivity index (χ0) is 13.9. The van der Waals surface area contributed by atoms with Crippen LogP contribution in [0.2, 0.25) is 0 Å². The van der Waals surface area contributed by atoms with Crippen LogP contribution < -0.4 is 0 Å². The Morgan fingerprint density at radius 1 is 1.33 bits per heavy atom. The molecule has 3 atom stereocenters. The molecule has 0 aromatic rings. The van der Waals surface area contributed by atoms with Crippen LogP contribution in [0.25, 0.3) is 0 Å². The predicted molar refractivity (Wildman–Crippen MR) is 67.2 cm³/mol. The summed E-state index contributed by atoms with van der Waals surface area (Å²) in [5.41, 5.74) is 0. The molecule has 1 aliphatic rings. The van der Waals surface area contributed by atoms with Gasteiger partial charge < -0.3 is 14.7 Å². The summed E-state index contributed by atoms with van der Waals surface area (Å²) in [6, 6.07) is -0.275. The van der Waals surface area contributed by atoms with Gasteiger partial charge >= 0.3 is 5.97 Å². The van der Waals surface area contributed by atoms with Crippen LogP contribution in [0.15, 0.2) is 0 Å². The quantitative estimate of drug-likeness (QED) is 0.829. The molecule has 0 aromatic carbocycles. The molecule has 0 saturated carbocycles. The van der Waals surface area contributed by atoms with Crippen LogP contribution in [0.5, 0.6) is 0 Å². The fourth-order valence-corrected chi connectivity index (χ4v) is 2.50. The Bertz CT molecular complexity index is 308. The third kappa shape index (κ3) is 3.98. The molecule has 18 heavy (non-hydrogen) atoms. The number of carbonyl (C=O) groups excluding carboxylic acids is 1. The summed E-state index contributed by atoms with van der Waals surface area (Å²) in [6.45, 7) is 5.70. The van der Waals surface area contributed by atoms with Crippen molar-refractivity contribution in [2.75, 3.05) is 7.05 Å². The summed E-state index contributed by atoms with van der Waals surface area (Å²) in [4.78, 5) is 24.5. The Hall–Kier alpha value is -1.10. The Balaban J connectivity index is 2.59. The number of carboxylic acid groups (broad SMARTS) is 1. The molecule has 5 heteroatoms. The van der Waals surface area contributed by atoms with Crippen molar-refractivity contribution in [1.82, 2.24) is 4.90 Å². The van der Waals surface area contributed by atoms with E-state index in [9.17, 15) is 9.59 Å². The molecule has 1 rings (SSSR count). The van der Waals surface area contributed by atoms with Crippen molar-refractivity contribution in [3.8, 4) is 0 Å². The van der Waals surface area contributed by atoms with Crippen LogP contribution in [0.4, 0.5) is 0 Å². The van der Waals surface area contributed by atoms with E-state index in [-0.39, 0.29) is 36.5 Å². The predicted octanol–water partition coefficient (Wildman–Crippen LogP) is 1.51. The fraction of sp³-hybridized carbons (Fsp3) is 0.846. The first-order chi connectivity index (χ1) is 8.31. The van der Waals surface area contributed by atoms with Crippen LogP contribution in [0.1, 0.15) is 40.0 Å². The molecule has 1 aliphatic heterocycles. The summed E-state index contributed by atoms with van der Waals surface area (Å²) in [5.74, 6) is -0.897. The maximum atomic E-state index is 12.3. The van der Waals surface area contributed by atoms with Crippen LogP contribution in [0, 0.1) is 5.92 Å². The monoisotopic (exact) mass is 257 g/mol. The highest BCUT2D eigenvalue weighted by molar-refractivity contribution is 5.79. The summed E-state index contributed by atoms with van der Waals surface area (Å²) in [5, 5.41) is 8.75. The average molecular weight is 257 g/mol. The Labute approximate surface area is 108 Å². The number of carbonyl (C=O) groups is 2. The number of nitrogens with zero attached hydrogens (tertiary/aromatic N) is 1. The van der Waals surface area contributed by atoms with Gasteiger partial charge in [-0.1, -0.05) is 0 Å². The first kappa shape index (κ1) is 15.0.